The van der Waals surface area contributed by atoms with Gasteiger partial charge in [-0.15, -0.1) is 0 Å². The van der Waals surface area contributed by atoms with E-state index >= 15 is 0 Å². The summed E-state index contributed by atoms with van der Waals surface area (Å²) in [5.74, 6) is -0.162. The summed E-state index contributed by atoms with van der Waals surface area (Å²) in [6.07, 6.45) is 1.35. The van der Waals surface area contributed by atoms with Crippen LogP contribution in [0.15, 0.2) is 0 Å². The van der Waals surface area contributed by atoms with Crippen LogP contribution in [0.4, 0.5) is 0 Å². The predicted molar refractivity (Wildman–Crippen MR) is 60.2 cm³/mol. The topological polar surface area (TPSA) is 44.8 Å². The third kappa shape index (κ3) is 3.46. The van der Waals surface area contributed by atoms with Gasteiger partial charge in [-0.05, 0) is 33.6 Å². The van der Waals surface area contributed by atoms with Crippen molar-refractivity contribution in [2.75, 3.05) is 26.9 Å². The Bertz CT molecular complexity index is 230. The van der Waals surface area contributed by atoms with Gasteiger partial charge < -0.3 is 14.2 Å². The van der Waals surface area contributed by atoms with Gasteiger partial charge in [-0.25, -0.2) is 0 Å². The van der Waals surface area contributed by atoms with Crippen LogP contribution in [0.3, 0.4) is 0 Å². The molecule has 16 heavy (non-hydrogen) atoms. The van der Waals surface area contributed by atoms with Crippen LogP contribution in [-0.4, -0.2) is 38.5 Å². The molecule has 0 atom stereocenters. The highest BCUT2D eigenvalue weighted by atomic mass is 16.6. The maximum atomic E-state index is 12.2. The van der Waals surface area contributed by atoms with Gasteiger partial charge in [0, 0.05) is 20.3 Å². The van der Waals surface area contributed by atoms with E-state index in [2.05, 4.69) is 0 Å². The van der Waals surface area contributed by atoms with Crippen LogP contribution in [0.2, 0.25) is 0 Å². The van der Waals surface area contributed by atoms with Crippen molar-refractivity contribution in [3.05, 3.63) is 0 Å². The van der Waals surface area contributed by atoms with E-state index in [1.54, 1.807) is 7.11 Å². The highest BCUT2D eigenvalue weighted by Crippen LogP contribution is 2.33. The molecule has 0 aliphatic carbocycles. The number of esters is 1. The smallest absolute Gasteiger partial charge is 0.315 e. The predicted octanol–water partition coefficient (Wildman–Crippen LogP) is 1.77. The molecule has 94 valence electrons. The number of rotatable bonds is 3. The molecule has 0 aromatic carbocycles. The molecule has 1 aliphatic heterocycles. The van der Waals surface area contributed by atoms with Gasteiger partial charge in [0.1, 0.15) is 5.60 Å². The largest absolute Gasteiger partial charge is 0.459 e. The molecule has 1 rings (SSSR count). The maximum absolute atomic E-state index is 12.2. The molecule has 0 N–H and O–H groups in total. The molecule has 1 saturated heterocycles. The van der Waals surface area contributed by atoms with Crippen molar-refractivity contribution in [2.24, 2.45) is 5.41 Å². The summed E-state index contributed by atoms with van der Waals surface area (Å²) in [6.45, 7) is 7.25. The number of carbonyl (C=O) groups is 1. The highest BCUT2D eigenvalue weighted by Gasteiger charge is 2.43. The Labute approximate surface area is 97.2 Å². The van der Waals surface area contributed by atoms with Crippen molar-refractivity contribution in [3.8, 4) is 0 Å². The summed E-state index contributed by atoms with van der Waals surface area (Å²) in [4.78, 5) is 12.2. The van der Waals surface area contributed by atoms with Crippen LogP contribution in [0.5, 0.6) is 0 Å². The van der Waals surface area contributed by atoms with Crippen molar-refractivity contribution in [3.63, 3.8) is 0 Å². The first-order valence-electron chi connectivity index (χ1n) is 5.70. The zero-order valence-corrected chi connectivity index (χ0v) is 10.7. The summed E-state index contributed by atoms with van der Waals surface area (Å²) < 4.78 is 15.9. The second-order valence-corrected chi connectivity index (χ2v) is 5.33. The Balaban J connectivity index is 2.72. The van der Waals surface area contributed by atoms with Crippen LogP contribution in [0.25, 0.3) is 0 Å². The zero-order valence-electron chi connectivity index (χ0n) is 10.7. The minimum atomic E-state index is -0.514. The first-order valence-corrected chi connectivity index (χ1v) is 5.70. The maximum Gasteiger partial charge on any atom is 0.315 e. The summed E-state index contributed by atoms with van der Waals surface area (Å²) in [5.41, 5.74) is -0.962. The summed E-state index contributed by atoms with van der Waals surface area (Å²) in [5, 5.41) is 0. The lowest BCUT2D eigenvalue weighted by Crippen LogP contribution is -2.44. The van der Waals surface area contributed by atoms with Crippen molar-refractivity contribution in [1.82, 2.24) is 0 Å². The van der Waals surface area contributed by atoms with Gasteiger partial charge in [0.25, 0.3) is 0 Å². The van der Waals surface area contributed by atoms with Crippen LogP contribution >= 0.6 is 0 Å². The normalized spacial score (nSPS) is 20.5. The highest BCUT2D eigenvalue weighted by molar-refractivity contribution is 5.77. The Morgan fingerprint density at radius 3 is 2.31 bits per heavy atom. The van der Waals surface area contributed by atoms with Gasteiger partial charge in [0.05, 0.1) is 12.0 Å². The average Bonchev–Trinajstić information content (AvgIpc) is 2.17. The number of hydrogen-bond donors (Lipinski definition) is 0. The van der Waals surface area contributed by atoms with E-state index in [4.69, 9.17) is 14.2 Å². The Morgan fingerprint density at radius 1 is 1.31 bits per heavy atom. The fraction of sp³-hybridized carbons (Fsp3) is 0.917. The van der Waals surface area contributed by atoms with E-state index in [0.29, 0.717) is 32.7 Å². The molecule has 0 saturated carbocycles. The molecule has 4 heteroatoms. The molecular weight excluding hydrogens is 208 g/mol. The van der Waals surface area contributed by atoms with Crippen molar-refractivity contribution in [2.45, 2.75) is 39.2 Å². The third-order valence-corrected chi connectivity index (χ3v) is 2.70. The molecule has 0 amide bonds. The van der Waals surface area contributed by atoms with E-state index in [0.717, 1.165) is 0 Å². The van der Waals surface area contributed by atoms with Crippen LogP contribution in [-0.2, 0) is 19.0 Å². The second-order valence-electron chi connectivity index (χ2n) is 5.33. The lowest BCUT2D eigenvalue weighted by atomic mass is 9.81. The summed E-state index contributed by atoms with van der Waals surface area (Å²) in [6, 6.07) is 0. The van der Waals surface area contributed by atoms with Gasteiger partial charge in [-0.3, -0.25) is 4.79 Å². The minimum absolute atomic E-state index is 0.162. The van der Waals surface area contributed by atoms with Gasteiger partial charge in [0.15, 0.2) is 0 Å². The Hall–Kier alpha value is -0.610. The Morgan fingerprint density at radius 2 is 1.88 bits per heavy atom. The lowest BCUT2D eigenvalue weighted by Gasteiger charge is -2.36. The van der Waals surface area contributed by atoms with E-state index in [9.17, 15) is 4.79 Å². The molecule has 4 nitrogen and oxygen atoms in total. The molecular formula is C12H22O4. The molecule has 0 unspecified atom stereocenters. The first kappa shape index (κ1) is 13.5. The second kappa shape index (κ2) is 5.15. The molecule has 0 radical (unpaired) electrons. The molecule has 1 fully saturated rings. The van der Waals surface area contributed by atoms with E-state index in [1.165, 1.54) is 0 Å². The van der Waals surface area contributed by atoms with Crippen molar-refractivity contribution in [1.29, 1.82) is 0 Å². The molecule has 1 heterocycles. The average molecular weight is 230 g/mol. The third-order valence-electron chi connectivity index (χ3n) is 2.70. The zero-order chi connectivity index (χ0) is 12.2. The minimum Gasteiger partial charge on any atom is -0.459 e. The number of ether oxygens (including phenoxy) is 3. The fourth-order valence-electron chi connectivity index (χ4n) is 1.83. The number of carbonyl (C=O) groups excluding carboxylic acids is 1. The van der Waals surface area contributed by atoms with Gasteiger partial charge in [-0.2, -0.15) is 0 Å². The molecule has 0 aromatic heterocycles. The van der Waals surface area contributed by atoms with Crippen molar-refractivity contribution < 1.29 is 19.0 Å². The fourth-order valence-corrected chi connectivity index (χ4v) is 1.83. The molecule has 1 aliphatic rings. The van der Waals surface area contributed by atoms with E-state index in [1.807, 2.05) is 20.8 Å². The van der Waals surface area contributed by atoms with Gasteiger partial charge in [-0.1, -0.05) is 0 Å². The first-order chi connectivity index (χ1) is 7.40. The lowest BCUT2D eigenvalue weighted by molar-refractivity contribution is -0.177. The number of hydrogen-bond acceptors (Lipinski definition) is 4. The SMILES string of the molecule is COCC1(C(=O)OC(C)(C)C)CCOCC1. The molecule has 0 spiro atoms. The van der Waals surface area contributed by atoms with Crippen LogP contribution in [0, 0.1) is 5.41 Å². The molecule has 0 aromatic rings. The Kier molecular flexibility index (Phi) is 4.33. The van der Waals surface area contributed by atoms with Crippen LogP contribution in [0.1, 0.15) is 33.6 Å². The quantitative estimate of drug-likeness (QED) is 0.693. The van der Waals surface area contributed by atoms with E-state index in [-0.39, 0.29) is 5.97 Å². The molecule has 0 bridgehead atoms. The van der Waals surface area contributed by atoms with Gasteiger partial charge >= 0.3 is 5.97 Å². The van der Waals surface area contributed by atoms with Crippen molar-refractivity contribution >= 4 is 5.97 Å². The monoisotopic (exact) mass is 230 g/mol. The van der Waals surface area contributed by atoms with Crippen LogP contribution < -0.4 is 0 Å². The number of methoxy groups -OCH3 is 1. The van der Waals surface area contributed by atoms with E-state index < -0.39 is 11.0 Å². The summed E-state index contributed by atoms with van der Waals surface area (Å²) in [7, 11) is 1.61. The van der Waals surface area contributed by atoms with Gasteiger partial charge in [0.2, 0.25) is 0 Å². The summed E-state index contributed by atoms with van der Waals surface area (Å²) >= 11 is 0. The standard InChI is InChI=1S/C12H22O4/c1-11(2,3)16-10(13)12(9-14-4)5-7-15-8-6-12/h5-9H2,1-4H3.